The Morgan fingerprint density at radius 2 is 2.04 bits per heavy atom. The Morgan fingerprint density at radius 1 is 1.29 bits per heavy atom. The summed E-state index contributed by atoms with van der Waals surface area (Å²) in [6.45, 7) is 9.08. The molecule has 0 spiro atoms. The van der Waals surface area contributed by atoms with Gasteiger partial charge in [-0.05, 0) is 44.0 Å². The number of ether oxygens (including phenoxy) is 1. The van der Waals surface area contributed by atoms with Crippen molar-refractivity contribution in [3.63, 3.8) is 0 Å². The van der Waals surface area contributed by atoms with Crippen molar-refractivity contribution in [2.24, 2.45) is 0 Å². The van der Waals surface area contributed by atoms with Gasteiger partial charge in [0, 0.05) is 0 Å². The lowest BCUT2D eigenvalue weighted by Gasteiger charge is -2.08. The van der Waals surface area contributed by atoms with Gasteiger partial charge >= 0.3 is 5.97 Å². The Hall–Kier alpha value is -2.95. The summed E-state index contributed by atoms with van der Waals surface area (Å²) < 4.78 is 10.9. The average molecular weight is 323 g/mol. The second-order valence-electron chi connectivity index (χ2n) is 5.75. The average Bonchev–Trinajstić information content (AvgIpc) is 2.51. The standard InChI is InChI=1S/C19H17NO4/c1-5-6-23-19(22)13-9-14-17(21)16-11(3)7-10(2)8-15(16)24-18(14)20-12(13)4/h5,7-9H,1,6H2,2-4H3. The van der Waals surface area contributed by atoms with Gasteiger partial charge in [0.2, 0.25) is 11.1 Å². The molecule has 2 aromatic heterocycles. The second kappa shape index (κ2) is 5.92. The first kappa shape index (κ1) is 15.9. The number of hydrogen-bond donors (Lipinski definition) is 0. The van der Waals surface area contributed by atoms with Crippen molar-refractivity contribution >= 4 is 28.0 Å². The molecule has 0 aliphatic carbocycles. The van der Waals surface area contributed by atoms with Crippen molar-refractivity contribution in [1.82, 2.24) is 4.98 Å². The first-order valence-corrected chi connectivity index (χ1v) is 7.56. The molecule has 3 rings (SSSR count). The number of aromatic nitrogens is 1. The summed E-state index contributed by atoms with van der Waals surface area (Å²) in [6.07, 6.45) is 1.48. The van der Waals surface area contributed by atoms with E-state index in [0.717, 1.165) is 11.1 Å². The van der Waals surface area contributed by atoms with E-state index in [1.807, 2.05) is 26.0 Å². The van der Waals surface area contributed by atoms with E-state index in [9.17, 15) is 9.59 Å². The van der Waals surface area contributed by atoms with Crippen molar-refractivity contribution in [2.75, 3.05) is 6.61 Å². The molecule has 24 heavy (non-hydrogen) atoms. The fraction of sp³-hybridized carbons (Fsp3) is 0.211. The molecule has 0 amide bonds. The highest BCUT2D eigenvalue weighted by Gasteiger charge is 2.17. The minimum Gasteiger partial charge on any atom is -0.458 e. The van der Waals surface area contributed by atoms with Gasteiger partial charge in [-0.1, -0.05) is 18.7 Å². The molecule has 122 valence electrons. The fourth-order valence-electron chi connectivity index (χ4n) is 2.78. The summed E-state index contributed by atoms with van der Waals surface area (Å²) >= 11 is 0. The van der Waals surface area contributed by atoms with Gasteiger partial charge in [-0.25, -0.2) is 9.78 Å². The molecule has 5 nitrogen and oxygen atoms in total. The second-order valence-corrected chi connectivity index (χ2v) is 5.75. The quantitative estimate of drug-likeness (QED) is 0.418. The van der Waals surface area contributed by atoms with Crippen molar-refractivity contribution in [3.8, 4) is 0 Å². The zero-order valence-electron chi connectivity index (χ0n) is 13.8. The molecule has 0 aliphatic rings. The molecule has 0 atom stereocenters. The number of rotatable bonds is 3. The molecule has 0 unspecified atom stereocenters. The summed E-state index contributed by atoms with van der Waals surface area (Å²) in [6, 6.07) is 5.23. The molecule has 1 aromatic carbocycles. The van der Waals surface area contributed by atoms with Gasteiger partial charge < -0.3 is 9.15 Å². The van der Waals surface area contributed by atoms with Crippen molar-refractivity contribution in [2.45, 2.75) is 20.8 Å². The summed E-state index contributed by atoms with van der Waals surface area (Å²) in [5.41, 5.74) is 3.05. The fourth-order valence-corrected chi connectivity index (χ4v) is 2.78. The molecule has 0 fully saturated rings. The molecule has 2 heterocycles. The van der Waals surface area contributed by atoms with E-state index >= 15 is 0 Å². The van der Waals surface area contributed by atoms with E-state index in [1.54, 1.807) is 6.92 Å². The summed E-state index contributed by atoms with van der Waals surface area (Å²) in [5.74, 6) is -0.540. The molecule has 0 aliphatic heterocycles. The smallest absolute Gasteiger partial charge is 0.340 e. The van der Waals surface area contributed by atoms with E-state index in [4.69, 9.17) is 9.15 Å². The van der Waals surface area contributed by atoms with Crippen LogP contribution in [0.2, 0.25) is 0 Å². The highest BCUT2D eigenvalue weighted by atomic mass is 16.5. The maximum absolute atomic E-state index is 12.9. The number of fused-ring (bicyclic) bond motifs is 2. The summed E-state index contributed by atoms with van der Waals surface area (Å²) in [7, 11) is 0. The summed E-state index contributed by atoms with van der Waals surface area (Å²) in [4.78, 5) is 29.2. The highest BCUT2D eigenvalue weighted by molar-refractivity contribution is 5.97. The van der Waals surface area contributed by atoms with Crippen LogP contribution >= 0.6 is 0 Å². The van der Waals surface area contributed by atoms with Crippen LogP contribution in [-0.2, 0) is 4.74 Å². The van der Waals surface area contributed by atoms with Crippen LogP contribution in [0.5, 0.6) is 0 Å². The monoisotopic (exact) mass is 323 g/mol. The van der Waals surface area contributed by atoms with Crippen LogP contribution in [0.25, 0.3) is 22.1 Å². The Balaban J connectivity index is 2.31. The Labute approximate surface area is 138 Å². The SMILES string of the molecule is C=CCOC(=O)c1cc2c(=O)c3c(C)cc(C)cc3oc2nc1C. The highest BCUT2D eigenvalue weighted by Crippen LogP contribution is 2.23. The van der Waals surface area contributed by atoms with Crippen LogP contribution in [0.3, 0.4) is 0 Å². The van der Waals surface area contributed by atoms with E-state index < -0.39 is 5.97 Å². The third-order valence-corrected chi connectivity index (χ3v) is 3.85. The zero-order valence-corrected chi connectivity index (χ0v) is 13.8. The van der Waals surface area contributed by atoms with E-state index in [0.29, 0.717) is 16.7 Å². The van der Waals surface area contributed by atoms with Gasteiger partial charge in [0.15, 0.2) is 0 Å². The van der Waals surface area contributed by atoms with Gasteiger partial charge in [-0.3, -0.25) is 4.79 Å². The topological polar surface area (TPSA) is 69.4 Å². The first-order valence-electron chi connectivity index (χ1n) is 7.56. The Kier molecular flexibility index (Phi) is 3.93. The number of aryl methyl sites for hydroxylation is 3. The zero-order chi connectivity index (χ0) is 17.4. The number of benzene rings is 1. The molecule has 0 saturated heterocycles. The van der Waals surface area contributed by atoms with Gasteiger partial charge in [0.25, 0.3) is 0 Å². The Bertz CT molecular complexity index is 1050. The lowest BCUT2D eigenvalue weighted by atomic mass is 10.0. The lowest BCUT2D eigenvalue weighted by Crippen LogP contribution is -2.11. The van der Waals surface area contributed by atoms with Crippen molar-refractivity contribution < 1.29 is 13.9 Å². The summed E-state index contributed by atoms with van der Waals surface area (Å²) in [5, 5.41) is 0.773. The third kappa shape index (κ3) is 2.58. The number of hydrogen-bond acceptors (Lipinski definition) is 5. The Morgan fingerprint density at radius 3 is 2.75 bits per heavy atom. The molecule has 0 bridgehead atoms. The van der Waals surface area contributed by atoms with Crippen LogP contribution in [0.4, 0.5) is 0 Å². The largest absolute Gasteiger partial charge is 0.458 e. The minimum absolute atomic E-state index is 0.0982. The normalized spacial score (nSPS) is 11.0. The third-order valence-electron chi connectivity index (χ3n) is 3.85. The minimum atomic E-state index is -0.540. The van der Waals surface area contributed by atoms with Crippen LogP contribution in [-0.4, -0.2) is 17.6 Å². The molecule has 3 aromatic rings. The molecule has 0 radical (unpaired) electrons. The van der Waals surface area contributed by atoms with Crippen LogP contribution in [0, 0.1) is 20.8 Å². The maximum Gasteiger partial charge on any atom is 0.340 e. The van der Waals surface area contributed by atoms with Crippen LogP contribution in [0.1, 0.15) is 27.2 Å². The number of carbonyl (C=O) groups is 1. The van der Waals surface area contributed by atoms with Gasteiger partial charge in [-0.15, -0.1) is 0 Å². The number of pyridine rings is 1. The predicted octanol–water partition coefficient (Wildman–Crippen LogP) is 3.61. The predicted molar refractivity (Wildman–Crippen MR) is 92.5 cm³/mol. The van der Waals surface area contributed by atoms with Crippen molar-refractivity contribution in [1.29, 1.82) is 0 Å². The molecular formula is C19H17NO4. The van der Waals surface area contributed by atoms with Gasteiger partial charge in [0.05, 0.1) is 22.0 Å². The van der Waals surface area contributed by atoms with Crippen LogP contribution < -0.4 is 5.43 Å². The van der Waals surface area contributed by atoms with Crippen LogP contribution in [0.15, 0.2) is 40.1 Å². The lowest BCUT2D eigenvalue weighted by molar-refractivity contribution is 0.0548. The molecule has 5 heteroatoms. The maximum atomic E-state index is 12.9. The molecule has 0 N–H and O–H groups in total. The van der Waals surface area contributed by atoms with Gasteiger partial charge in [-0.2, -0.15) is 0 Å². The van der Waals surface area contributed by atoms with E-state index in [1.165, 1.54) is 12.1 Å². The van der Waals surface area contributed by atoms with E-state index in [2.05, 4.69) is 11.6 Å². The van der Waals surface area contributed by atoms with Crippen molar-refractivity contribution in [3.05, 3.63) is 63.5 Å². The number of esters is 1. The molecular weight excluding hydrogens is 306 g/mol. The number of nitrogens with zero attached hydrogens (tertiary/aromatic N) is 1. The van der Waals surface area contributed by atoms with Gasteiger partial charge in [0.1, 0.15) is 12.2 Å². The molecule has 0 saturated carbocycles. The first-order chi connectivity index (χ1) is 11.4. The number of carbonyl (C=O) groups excluding carboxylic acids is 1. The van der Waals surface area contributed by atoms with E-state index in [-0.39, 0.29) is 28.7 Å².